The second-order valence-electron chi connectivity index (χ2n) is 7.11. The highest BCUT2D eigenvalue weighted by Crippen LogP contribution is 2.21. The van der Waals surface area contributed by atoms with Crippen LogP contribution in [0.4, 0.5) is 10.5 Å². The first-order chi connectivity index (χ1) is 14.8. The number of carbonyl (C=O) groups is 2. The molecule has 31 heavy (non-hydrogen) atoms. The van der Waals surface area contributed by atoms with E-state index in [-0.39, 0.29) is 11.3 Å². The third-order valence-electron chi connectivity index (χ3n) is 4.81. The number of fused-ring (bicyclic) bond motifs is 3. The van der Waals surface area contributed by atoms with Crippen molar-refractivity contribution in [3.8, 4) is 0 Å². The minimum atomic E-state index is -0.600. The first-order valence-corrected chi connectivity index (χ1v) is 10.5. The second kappa shape index (κ2) is 8.23. The van der Waals surface area contributed by atoms with Gasteiger partial charge in [-0.15, -0.1) is 10.2 Å². The summed E-state index contributed by atoms with van der Waals surface area (Å²) in [4.78, 5) is 37.0. The molecule has 9 nitrogen and oxygen atoms in total. The number of hydrogen-bond acceptors (Lipinski definition) is 6. The van der Waals surface area contributed by atoms with Crippen molar-refractivity contribution in [1.82, 2.24) is 24.5 Å². The van der Waals surface area contributed by atoms with Crippen LogP contribution in [0.2, 0.25) is 0 Å². The molecule has 0 saturated carbocycles. The summed E-state index contributed by atoms with van der Waals surface area (Å²) in [6, 6.07) is 12.2. The minimum absolute atomic E-state index is 0.0434. The third-order valence-corrected chi connectivity index (χ3v) is 5.74. The molecule has 0 saturated heterocycles. The number of amides is 3. The lowest BCUT2D eigenvalue weighted by Crippen LogP contribution is -2.35. The van der Waals surface area contributed by atoms with E-state index in [1.807, 2.05) is 32.0 Å². The highest BCUT2D eigenvalue weighted by Gasteiger charge is 2.17. The Balaban J connectivity index is 1.48. The normalized spacial score (nSPS) is 11.1. The van der Waals surface area contributed by atoms with Crippen molar-refractivity contribution < 1.29 is 9.59 Å². The van der Waals surface area contributed by atoms with Crippen LogP contribution < -0.4 is 16.2 Å². The smallest absolute Gasteiger partial charge is 0.307 e. The van der Waals surface area contributed by atoms with Crippen LogP contribution in [0.3, 0.4) is 0 Å². The van der Waals surface area contributed by atoms with E-state index in [0.717, 1.165) is 22.9 Å². The summed E-state index contributed by atoms with van der Waals surface area (Å²) in [7, 11) is 1.62. The van der Waals surface area contributed by atoms with Crippen LogP contribution in [0, 0.1) is 13.8 Å². The third kappa shape index (κ3) is 4.02. The number of hydrogen-bond donors (Lipinski definition) is 2. The summed E-state index contributed by atoms with van der Waals surface area (Å²) >= 11 is 1.13. The zero-order valence-corrected chi connectivity index (χ0v) is 18.0. The van der Waals surface area contributed by atoms with Gasteiger partial charge >= 0.3 is 6.03 Å². The van der Waals surface area contributed by atoms with Crippen LogP contribution in [0.25, 0.3) is 16.7 Å². The standard InChI is InChI=1S/C21H20N6O3S/c1-12-8-9-15(13(2)10-12)22-19(30)23-17(28)11-31-21-25-24-20-26(3)18(29)14-6-4-5-7-16(14)27(20)21/h4-10H,11H2,1-3H3,(H2,22,23,28,30). The Morgan fingerprint density at radius 3 is 2.65 bits per heavy atom. The zero-order chi connectivity index (χ0) is 22.1. The van der Waals surface area contributed by atoms with Gasteiger partial charge in [-0.05, 0) is 37.6 Å². The van der Waals surface area contributed by atoms with E-state index in [0.29, 0.717) is 27.5 Å². The number of anilines is 1. The largest absolute Gasteiger partial charge is 0.325 e. The van der Waals surface area contributed by atoms with E-state index >= 15 is 0 Å². The number of aryl methyl sites for hydroxylation is 3. The predicted octanol–water partition coefficient (Wildman–Crippen LogP) is 2.64. The Morgan fingerprint density at radius 2 is 1.87 bits per heavy atom. The van der Waals surface area contributed by atoms with Gasteiger partial charge < -0.3 is 5.32 Å². The quantitative estimate of drug-likeness (QED) is 0.476. The highest BCUT2D eigenvalue weighted by atomic mass is 32.2. The van der Waals surface area contributed by atoms with Crippen LogP contribution in [-0.4, -0.2) is 36.9 Å². The van der Waals surface area contributed by atoms with Gasteiger partial charge in [0.15, 0.2) is 5.16 Å². The maximum Gasteiger partial charge on any atom is 0.325 e. The maximum absolute atomic E-state index is 12.5. The van der Waals surface area contributed by atoms with Crippen LogP contribution in [0.15, 0.2) is 52.4 Å². The van der Waals surface area contributed by atoms with Crippen molar-refractivity contribution in [1.29, 1.82) is 0 Å². The van der Waals surface area contributed by atoms with Gasteiger partial charge in [0.2, 0.25) is 11.7 Å². The van der Waals surface area contributed by atoms with E-state index in [2.05, 4.69) is 20.8 Å². The number of nitrogens with zero attached hydrogens (tertiary/aromatic N) is 4. The molecular weight excluding hydrogens is 416 g/mol. The van der Waals surface area contributed by atoms with Crippen molar-refractivity contribution >= 4 is 46.1 Å². The predicted molar refractivity (Wildman–Crippen MR) is 120 cm³/mol. The zero-order valence-electron chi connectivity index (χ0n) is 17.2. The number of rotatable bonds is 4. The molecule has 0 spiro atoms. The fraction of sp³-hybridized carbons (Fsp3) is 0.190. The number of urea groups is 1. The van der Waals surface area contributed by atoms with Crippen LogP contribution in [-0.2, 0) is 11.8 Å². The lowest BCUT2D eigenvalue weighted by molar-refractivity contribution is -0.117. The van der Waals surface area contributed by atoms with E-state index in [4.69, 9.17) is 0 Å². The summed E-state index contributed by atoms with van der Waals surface area (Å²) in [5.74, 6) is -0.143. The van der Waals surface area contributed by atoms with Crippen LogP contribution in [0.1, 0.15) is 11.1 Å². The molecule has 0 fully saturated rings. The molecule has 2 aromatic heterocycles. The molecule has 2 aromatic carbocycles. The number of para-hydroxylation sites is 1. The molecule has 0 atom stereocenters. The molecule has 0 bridgehead atoms. The van der Waals surface area contributed by atoms with Gasteiger partial charge in [-0.25, -0.2) is 4.79 Å². The molecule has 158 valence electrons. The molecule has 0 unspecified atom stereocenters. The van der Waals surface area contributed by atoms with E-state index < -0.39 is 11.9 Å². The molecule has 3 amide bonds. The monoisotopic (exact) mass is 436 g/mol. The molecular formula is C21H20N6O3S. The fourth-order valence-electron chi connectivity index (χ4n) is 3.30. The van der Waals surface area contributed by atoms with Gasteiger partial charge in [-0.3, -0.25) is 23.9 Å². The van der Waals surface area contributed by atoms with Gasteiger partial charge in [0.05, 0.1) is 16.7 Å². The minimum Gasteiger partial charge on any atom is -0.307 e. The Labute approximate surface area is 181 Å². The Morgan fingerprint density at radius 1 is 1.10 bits per heavy atom. The Hall–Kier alpha value is -3.66. The van der Waals surface area contributed by atoms with Crippen molar-refractivity contribution in [2.45, 2.75) is 19.0 Å². The van der Waals surface area contributed by atoms with Gasteiger partial charge in [-0.1, -0.05) is 41.6 Å². The summed E-state index contributed by atoms with van der Waals surface area (Å²) in [6.07, 6.45) is 0. The first-order valence-electron chi connectivity index (χ1n) is 9.49. The molecule has 0 aliphatic carbocycles. The number of carbonyl (C=O) groups excluding carboxylic acids is 2. The second-order valence-corrected chi connectivity index (χ2v) is 8.05. The molecule has 4 rings (SSSR count). The molecule has 4 aromatic rings. The summed E-state index contributed by atoms with van der Waals surface area (Å²) < 4.78 is 3.14. The van der Waals surface area contributed by atoms with E-state index in [9.17, 15) is 14.4 Å². The SMILES string of the molecule is Cc1ccc(NC(=O)NC(=O)CSc2nnc3n(C)c(=O)c4ccccc4n23)c(C)c1. The summed E-state index contributed by atoms with van der Waals surface area (Å²) in [5, 5.41) is 14.2. The molecule has 10 heteroatoms. The molecule has 2 N–H and O–H groups in total. The fourth-order valence-corrected chi connectivity index (χ4v) is 4.04. The molecule has 0 aliphatic heterocycles. The van der Waals surface area contributed by atoms with Crippen molar-refractivity contribution in [3.63, 3.8) is 0 Å². The van der Waals surface area contributed by atoms with Crippen molar-refractivity contribution in [2.75, 3.05) is 11.1 Å². The molecule has 2 heterocycles. The Bertz CT molecular complexity index is 1390. The number of aromatic nitrogens is 4. The average molecular weight is 436 g/mol. The topological polar surface area (TPSA) is 110 Å². The van der Waals surface area contributed by atoms with Crippen molar-refractivity contribution in [3.05, 3.63) is 63.9 Å². The Kier molecular flexibility index (Phi) is 5.47. The number of nitrogens with one attached hydrogen (secondary N) is 2. The van der Waals surface area contributed by atoms with Gasteiger partial charge in [0, 0.05) is 12.7 Å². The number of thioether (sulfide) groups is 1. The number of benzene rings is 2. The summed E-state index contributed by atoms with van der Waals surface area (Å²) in [6.45, 7) is 3.85. The molecule has 0 radical (unpaired) electrons. The van der Waals surface area contributed by atoms with Crippen LogP contribution in [0.5, 0.6) is 0 Å². The average Bonchev–Trinajstić information content (AvgIpc) is 3.17. The summed E-state index contributed by atoms with van der Waals surface area (Å²) in [5.41, 5.74) is 3.11. The lowest BCUT2D eigenvalue weighted by Gasteiger charge is -2.10. The lowest BCUT2D eigenvalue weighted by atomic mass is 10.1. The first kappa shape index (κ1) is 20.6. The van der Waals surface area contributed by atoms with Crippen molar-refractivity contribution in [2.24, 2.45) is 7.05 Å². The van der Waals surface area contributed by atoms with Gasteiger partial charge in [0.1, 0.15) is 0 Å². The van der Waals surface area contributed by atoms with Crippen LogP contribution >= 0.6 is 11.8 Å². The van der Waals surface area contributed by atoms with Gasteiger partial charge in [0.25, 0.3) is 5.56 Å². The number of imide groups is 1. The van der Waals surface area contributed by atoms with Gasteiger partial charge in [-0.2, -0.15) is 0 Å². The van der Waals surface area contributed by atoms with E-state index in [1.165, 1.54) is 4.57 Å². The van der Waals surface area contributed by atoms with E-state index in [1.54, 1.807) is 35.7 Å². The highest BCUT2D eigenvalue weighted by molar-refractivity contribution is 7.99. The molecule has 0 aliphatic rings. The maximum atomic E-state index is 12.5.